The van der Waals surface area contributed by atoms with Crippen molar-refractivity contribution in [1.82, 2.24) is 4.90 Å². The molecule has 1 aromatic rings. The molecule has 2 N–H and O–H groups in total. The number of likely N-dealkylation sites (N-methyl/N-ethyl adjacent to an activating group) is 1. The third kappa shape index (κ3) is 3.22. The molecular weight excluding hydrogens is 258 g/mol. The zero-order valence-corrected chi connectivity index (χ0v) is 12.8. The van der Waals surface area contributed by atoms with Crippen molar-refractivity contribution in [3.63, 3.8) is 0 Å². The lowest BCUT2D eigenvalue weighted by atomic mass is 10.1. The number of piperazine rings is 1. The van der Waals surface area contributed by atoms with E-state index in [1.165, 1.54) is 0 Å². The fraction of sp³-hybridized carbons (Fsp3) is 0.600. The summed E-state index contributed by atoms with van der Waals surface area (Å²) in [5.41, 5.74) is 8.12. The number of nitrogens with zero attached hydrogens (tertiary/aromatic N) is 2. The van der Waals surface area contributed by atoms with Crippen molar-refractivity contribution >= 4 is 17.3 Å². The fourth-order valence-corrected chi connectivity index (χ4v) is 3.06. The molecule has 0 amide bonds. The maximum Gasteiger partial charge on any atom is 0.0642 e. The van der Waals surface area contributed by atoms with E-state index < -0.39 is 0 Å². The van der Waals surface area contributed by atoms with E-state index in [0.29, 0.717) is 6.04 Å². The van der Waals surface area contributed by atoms with E-state index in [2.05, 4.69) is 35.8 Å². The first kappa shape index (κ1) is 14.6. The molecule has 1 fully saturated rings. The summed E-state index contributed by atoms with van der Waals surface area (Å²) in [5.74, 6) is 0. The highest BCUT2D eigenvalue weighted by Crippen LogP contribution is 2.30. The Morgan fingerprint density at radius 1 is 1.42 bits per heavy atom. The quantitative estimate of drug-likeness (QED) is 0.925. The van der Waals surface area contributed by atoms with Gasteiger partial charge < -0.3 is 10.6 Å². The minimum Gasteiger partial charge on any atom is -0.367 e. The van der Waals surface area contributed by atoms with Gasteiger partial charge in [0.2, 0.25) is 0 Å². The Hall–Kier alpha value is -0.770. The Morgan fingerprint density at radius 3 is 2.68 bits per heavy atom. The number of rotatable bonds is 3. The van der Waals surface area contributed by atoms with Crippen molar-refractivity contribution in [2.24, 2.45) is 5.73 Å². The van der Waals surface area contributed by atoms with Gasteiger partial charge in [-0.2, -0.15) is 0 Å². The summed E-state index contributed by atoms with van der Waals surface area (Å²) in [6.45, 7) is 10.8. The second kappa shape index (κ2) is 6.12. The van der Waals surface area contributed by atoms with Gasteiger partial charge in [-0.1, -0.05) is 24.6 Å². The van der Waals surface area contributed by atoms with E-state index in [9.17, 15) is 0 Å². The monoisotopic (exact) mass is 281 g/mol. The van der Waals surface area contributed by atoms with Crippen LogP contribution < -0.4 is 10.6 Å². The highest BCUT2D eigenvalue weighted by atomic mass is 35.5. The lowest BCUT2D eigenvalue weighted by Crippen LogP contribution is -2.51. The van der Waals surface area contributed by atoms with Crippen LogP contribution in [0.25, 0.3) is 0 Å². The van der Waals surface area contributed by atoms with Crippen LogP contribution in [0.1, 0.15) is 32.4 Å². The smallest absolute Gasteiger partial charge is 0.0642 e. The van der Waals surface area contributed by atoms with Gasteiger partial charge in [0.1, 0.15) is 0 Å². The first-order chi connectivity index (χ1) is 9.02. The number of benzene rings is 1. The van der Waals surface area contributed by atoms with E-state index in [0.717, 1.165) is 42.5 Å². The molecule has 1 aromatic carbocycles. The Morgan fingerprint density at radius 2 is 2.16 bits per heavy atom. The van der Waals surface area contributed by atoms with Gasteiger partial charge in [-0.15, -0.1) is 0 Å². The Bertz CT molecular complexity index is 433. The van der Waals surface area contributed by atoms with Crippen molar-refractivity contribution < 1.29 is 0 Å². The van der Waals surface area contributed by atoms with Crippen molar-refractivity contribution in [1.29, 1.82) is 0 Å². The fourth-order valence-electron chi connectivity index (χ4n) is 2.75. The number of hydrogen-bond donors (Lipinski definition) is 1. The maximum absolute atomic E-state index is 6.41. The van der Waals surface area contributed by atoms with Crippen LogP contribution in [-0.4, -0.2) is 37.1 Å². The third-order valence-electron chi connectivity index (χ3n) is 4.01. The number of hydrogen-bond acceptors (Lipinski definition) is 3. The number of halogens is 1. The van der Waals surface area contributed by atoms with Gasteiger partial charge in [-0.05, 0) is 38.1 Å². The molecule has 2 atom stereocenters. The molecule has 1 aliphatic heterocycles. The molecule has 0 aliphatic carbocycles. The molecule has 0 saturated carbocycles. The van der Waals surface area contributed by atoms with Crippen LogP contribution in [-0.2, 0) is 0 Å². The molecule has 0 spiro atoms. The largest absolute Gasteiger partial charge is 0.367 e. The van der Waals surface area contributed by atoms with Gasteiger partial charge in [-0.3, -0.25) is 4.90 Å². The molecule has 4 heteroatoms. The first-order valence-corrected chi connectivity index (χ1v) is 7.44. The van der Waals surface area contributed by atoms with E-state index in [-0.39, 0.29) is 6.04 Å². The standard InChI is InChI=1S/C15H24ClN3/c1-4-18-7-8-19(10-11(18)2)15-6-5-13(12(3)17)9-14(15)16/h5-6,9,11-12H,4,7-8,10,17H2,1-3H3/t11?,12-/m1/s1. The number of nitrogens with two attached hydrogens (primary N) is 1. The molecular formula is C15H24ClN3. The van der Waals surface area contributed by atoms with Gasteiger partial charge in [-0.25, -0.2) is 0 Å². The summed E-state index contributed by atoms with van der Waals surface area (Å²) in [7, 11) is 0. The highest BCUT2D eigenvalue weighted by molar-refractivity contribution is 6.33. The van der Waals surface area contributed by atoms with E-state index in [1.54, 1.807) is 0 Å². The van der Waals surface area contributed by atoms with Crippen LogP contribution in [0, 0.1) is 0 Å². The Labute approximate surface area is 121 Å². The average molecular weight is 282 g/mol. The maximum atomic E-state index is 6.41. The van der Waals surface area contributed by atoms with Crippen molar-refractivity contribution in [2.75, 3.05) is 31.1 Å². The van der Waals surface area contributed by atoms with E-state index >= 15 is 0 Å². The molecule has 1 unspecified atom stereocenters. The van der Waals surface area contributed by atoms with E-state index in [1.807, 2.05) is 13.0 Å². The van der Waals surface area contributed by atoms with Gasteiger partial charge in [0.15, 0.2) is 0 Å². The molecule has 1 heterocycles. The molecule has 1 aliphatic rings. The molecule has 2 rings (SSSR count). The normalized spacial score (nSPS) is 22.6. The van der Waals surface area contributed by atoms with Crippen molar-refractivity contribution in [3.8, 4) is 0 Å². The van der Waals surface area contributed by atoms with Crippen molar-refractivity contribution in [2.45, 2.75) is 32.9 Å². The summed E-state index contributed by atoms with van der Waals surface area (Å²) in [4.78, 5) is 4.88. The molecule has 106 valence electrons. The molecule has 3 nitrogen and oxygen atoms in total. The first-order valence-electron chi connectivity index (χ1n) is 7.07. The summed E-state index contributed by atoms with van der Waals surface area (Å²) < 4.78 is 0. The number of anilines is 1. The predicted octanol–water partition coefficient (Wildman–Crippen LogP) is 2.89. The Balaban J connectivity index is 2.15. The topological polar surface area (TPSA) is 32.5 Å². The highest BCUT2D eigenvalue weighted by Gasteiger charge is 2.23. The zero-order chi connectivity index (χ0) is 14.0. The molecule has 1 saturated heterocycles. The molecule has 0 aromatic heterocycles. The Kier molecular flexibility index (Phi) is 4.71. The van der Waals surface area contributed by atoms with Gasteiger partial charge in [0.25, 0.3) is 0 Å². The average Bonchev–Trinajstić information content (AvgIpc) is 2.38. The van der Waals surface area contributed by atoms with Crippen LogP contribution in [0.2, 0.25) is 5.02 Å². The van der Waals surface area contributed by atoms with Crippen LogP contribution in [0.3, 0.4) is 0 Å². The van der Waals surface area contributed by atoms with Crippen LogP contribution >= 0.6 is 11.6 Å². The second-order valence-corrected chi connectivity index (χ2v) is 5.83. The lowest BCUT2D eigenvalue weighted by Gasteiger charge is -2.40. The van der Waals surface area contributed by atoms with E-state index in [4.69, 9.17) is 17.3 Å². The summed E-state index contributed by atoms with van der Waals surface area (Å²) in [6, 6.07) is 6.79. The SMILES string of the molecule is CCN1CCN(c2ccc([C@@H](C)N)cc2Cl)CC1C. The van der Waals surface area contributed by atoms with Gasteiger partial charge >= 0.3 is 0 Å². The minimum atomic E-state index is 0.0300. The summed E-state index contributed by atoms with van der Waals surface area (Å²) in [5, 5.41) is 0.812. The predicted molar refractivity (Wildman–Crippen MR) is 83.0 cm³/mol. The van der Waals surface area contributed by atoms with Crippen molar-refractivity contribution in [3.05, 3.63) is 28.8 Å². The van der Waals surface area contributed by atoms with Crippen LogP contribution in [0.15, 0.2) is 18.2 Å². The molecule has 19 heavy (non-hydrogen) atoms. The minimum absolute atomic E-state index is 0.0300. The van der Waals surface area contributed by atoms with Crippen LogP contribution in [0.5, 0.6) is 0 Å². The lowest BCUT2D eigenvalue weighted by molar-refractivity contribution is 0.199. The summed E-state index contributed by atoms with van der Waals surface area (Å²) in [6.07, 6.45) is 0. The molecule has 0 bridgehead atoms. The zero-order valence-electron chi connectivity index (χ0n) is 12.1. The second-order valence-electron chi connectivity index (χ2n) is 5.42. The van der Waals surface area contributed by atoms with Crippen LogP contribution in [0.4, 0.5) is 5.69 Å². The van der Waals surface area contributed by atoms with Gasteiger partial charge in [0.05, 0.1) is 10.7 Å². The van der Waals surface area contributed by atoms with Gasteiger partial charge in [0, 0.05) is 31.7 Å². The molecule has 0 radical (unpaired) electrons. The third-order valence-corrected chi connectivity index (χ3v) is 4.31. The summed E-state index contributed by atoms with van der Waals surface area (Å²) >= 11 is 6.41.